The zero-order valence-electron chi connectivity index (χ0n) is 11.1. The molecule has 19 heavy (non-hydrogen) atoms. The van der Waals surface area contributed by atoms with Crippen LogP contribution in [0.2, 0.25) is 0 Å². The van der Waals surface area contributed by atoms with Crippen LogP contribution < -0.4 is 16.0 Å². The topological polar surface area (TPSA) is 76.3 Å². The summed E-state index contributed by atoms with van der Waals surface area (Å²) in [7, 11) is 3.89. The first-order chi connectivity index (χ1) is 8.16. The van der Waals surface area contributed by atoms with E-state index in [1.54, 1.807) is 6.33 Å². The molecular formula is C11H21Cl2N5O. The summed E-state index contributed by atoms with van der Waals surface area (Å²) >= 11 is 0. The fourth-order valence-electron chi connectivity index (χ4n) is 1.76. The van der Waals surface area contributed by atoms with Gasteiger partial charge in [-0.25, -0.2) is 9.97 Å². The maximum Gasteiger partial charge on any atom is 0.133 e. The Morgan fingerprint density at radius 3 is 2.74 bits per heavy atom. The molecule has 2 unspecified atom stereocenters. The van der Waals surface area contributed by atoms with E-state index in [9.17, 15) is 0 Å². The van der Waals surface area contributed by atoms with E-state index in [0.717, 1.165) is 24.7 Å². The lowest BCUT2D eigenvalue weighted by Crippen LogP contribution is -2.47. The van der Waals surface area contributed by atoms with E-state index in [1.807, 2.05) is 25.1 Å². The average Bonchev–Trinajstić information content (AvgIpc) is 2.32. The van der Waals surface area contributed by atoms with Gasteiger partial charge in [0.15, 0.2) is 0 Å². The monoisotopic (exact) mass is 309 g/mol. The molecule has 2 rings (SSSR count). The van der Waals surface area contributed by atoms with Gasteiger partial charge in [0.2, 0.25) is 0 Å². The number of hydrogen-bond acceptors (Lipinski definition) is 6. The number of rotatable bonds is 3. The molecule has 0 aromatic carbocycles. The maximum absolute atomic E-state index is 6.03. The van der Waals surface area contributed by atoms with Crippen LogP contribution in [0.4, 0.5) is 11.6 Å². The van der Waals surface area contributed by atoms with Crippen LogP contribution in [-0.2, 0) is 4.74 Å². The molecule has 2 atom stereocenters. The first-order valence-corrected chi connectivity index (χ1v) is 5.76. The van der Waals surface area contributed by atoms with Crippen molar-refractivity contribution < 1.29 is 4.74 Å². The van der Waals surface area contributed by atoms with Crippen molar-refractivity contribution in [2.24, 2.45) is 5.73 Å². The third kappa shape index (κ3) is 4.99. The van der Waals surface area contributed by atoms with Crippen molar-refractivity contribution in [1.82, 2.24) is 9.97 Å². The number of anilines is 2. The number of nitrogens with one attached hydrogen (secondary N) is 1. The molecule has 110 valence electrons. The summed E-state index contributed by atoms with van der Waals surface area (Å²) in [4.78, 5) is 10.3. The molecule has 6 nitrogen and oxygen atoms in total. The Kier molecular flexibility index (Phi) is 8.01. The van der Waals surface area contributed by atoms with Crippen LogP contribution >= 0.6 is 24.8 Å². The number of aromatic nitrogens is 2. The molecule has 0 radical (unpaired) electrons. The lowest BCUT2D eigenvalue weighted by Gasteiger charge is -2.29. The van der Waals surface area contributed by atoms with E-state index < -0.39 is 0 Å². The average molecular weight is 310 g/mol. The number of nitrogens with zero attached hydrogens (tertiary/aromatic N) is 3. The van der Waals surface area contributed by atoms with E-state index in [4.69, 9.17) is 10.5 Å². The Hall–Kier alpha value is -0.820. The second kappa shape index (κ2) is 8.37. The highest BCUT2D eigenvalue weighted by Gasteiger charge is 2.22. The van der Waals surface area contributed by atoms with Crippen LogP contribution in [0, 0.1) is 0 Å². The van der Waals surface area contributed by atoms with Gasteiger partial charge in [0.05, 0.1) is 12.6 Å². The predicted octanol–water partition coefficient (Wildman–Crippen LogP) is 0.914. The van der Waals surface area contributed by atoms with E-state index in [1.165, 1.54) is 0 Å². The molecular weight excluding hydrogens is 289 g/mol. The Balaban J connectivity index is 0.00000162. The Morgan fingerprint density at radius 2 is 2.11 bits per heavy atom. The van der Waals surface area contributed by atoms with Gasteiger partial charge in [0.1, 0.15) is 18.0 Å². The van der Waals surface area contributed by atoms with Crippen LogP contribution in [0.3, 0.4) is 0 Å². The molecule has 1 saturated heterocycles. The van der Waals surface area contributed by atoms with E-state index in [2.05, 4.69) is 15.3 Å². The van der Waals surface area contributed by atoms with Gasteiger partial charge in [0, 0.05) is 32.8 Å². The number of nitrogens with two attached hydrogens (primary N) is 1. The molecule has 1 aliphatic rings. The zero-order valence-corrected chi connectivity index (χ0v) is 12.7. The summed E-state index contributed by atoms with van der Waals surface area (Å²) in [6, 6.07) is 2.14. The lowest BCUT2D eigenvalue weighted by atomic mass is 10.1. The van der Waals surface area contributed by atoms with E-state index in [0.29, 0.717) is 6.61 Å². The quantitative estimate of drug-likeness (QED) is 0.864. The third-order valence-electron chi connectivity index (χ3n) is 2.85. The molecule has 0 spiro atoms. The van der Waals surface area contributed by atoms with Crippen LogP contribution in [0.5, 0.6) is 0 Å². The van der Waals surface area contributed by atoms with Crippen molar-refractivity contribution in [3.05, 3.63) is 12.4 Å². The van der Waals surface area contributed by atoms with Crippen molar-refractivity contribution in [2.75, 3.05) is 37.5 Å². The molecule has 2 heterocycles. The minimum atomic E-state index is 0. The van der Waals surface area contributed by atoms with Gasteiger partial charge < -0.3 is 20.7 Å². The van der Waals surface area contributed by atoms with Gasteiger partial charge in [0.25, 0.3) is 0 Å². The molecule has 1 aliphatic heterocycles. The highest BCUT2D eigenvalue weighted by atomic mass is 35.5. The van der Waals surface area contributed by atoms with E-state index in [-0.39, 0.29) is 36.9 Å². The van der Waals surface area contributed by atoms with Gasteiger partial charge in [-0.05, 0) is 6.42 Å². The lowest BCUT2D eigenvalue weighted by molar-refractivity contribution is 0.0767. The highest BCUT2D eigenvalue weighted by molar-refractivity contribution is 5.85. The number of ether oxygens (including phenoxy) is 1. The summed E-state index contributed by atoms with van der Waals surface area (Å²) in [5.41, 5.74) is 6.03. The van der Waals surface area contributed by atoms with Crippen LogP contribution in [0.15, 0.2) is 12.4 Å². The second-order valence-electron chi connectivity index (χ2n) is 4.43. The van der Waals surface area contributed by atoms with Crippen LogP contribution in [-0.4, -0.2) is 49.4 Å². The summed E-state index contributed by atoms with van der Waals surface area (Å²) < 4.78 is 5.41. The normalized spacial score (nSPS) is 21.8. The second-order valence-corrected chi connectivity index (χ2v) is 4.43. The fourth-order valence-corrected chi connectivity index (χ4v) is 1.76. The minimum Gasteiger partial charge on any atom is -0.379 e. The Labute approximate surface area is 125 Å². The van der Waals surface area contributed by atoms with Crippen LogP contribution in [0.1, 0.15) is 6.42 Å². The van der Waals surface area contributed by atoms with Gasteiger partial charge >= 0.3 is 0 Å². The molecule has 1 aromatic rings. The summed E-state index contributed by atoms with van der Waals surface area (Å²) in [6.45, 7) is 1.37. The molecule has 1 aromatic heterocycles. The number of halogens is 2. The Bertz CT molecular complexity index is 380. The Morgan fingerprint density at radius 1 is 1.37 bits per heavy atom. The van der Waals surface area contributed by atoms with Gasteiger partial charge in [-0.1, -0.05) is 0 Å². The molecule has 0 aliphatic carbocycles. The highest BCUT2D eigenvalue weighted by Crippen LogP contribution is 2.15. The summed E-state index contributed by atoms with van der Waals surface area (Å²) in [6.07, 6.45) is 2.43. The smallest absolute Gasteiger partial charge is 0.133 e. The van der Waals surface area contributed by atoms with Crippen LogP contribution in [0.25, 0.3) is 0 Å². The van der Waals surface area contributed by atoms with Crippen molar-refractivity contribution in [3.8, 4) is 0 Å². The van der Waals surface area contributed by atoms with Crippen molar-refractivity contribution in [2.45, 2.75) is 18.5 Å². The number of hydrogen-bond donors (Lipinski definition) is 2. The fraction of sp³-hybridized carbons (Fsp3) is 0.636. The molecule has 3 N–H and O–H groups in total. The largest absolute Gasteiger partial charge is 0.379 e. The molecule has 0 saturated carbocycles. The van der Waals surface area contributed by atoms with Crippen molar-refractivity contribution in [1.29, 1.82) is 0 Å². The minimum absolute atomic E-state index is 0. The van der Waals surface area contributed by atoms with Gasteiger partial charge in [-0.2, -0.15) is 0 Å². The molecule has 8 heteroatoms. The maximum atomic E-state index is 6.03. The zero-order chi connectivity index (χ0) is 12.3. The third-order valence-corrected chi connectivity index (χ3v) is 2.85. The first-order valence-electron chi connectivity index (χ1n) is 5.76. The summed E-state index contributed by atoms with van der Waals surface area (Å²) in [5, 5.41) is 3.30. The summed E-state index contributed by atoms with van der Waals surface area (Å²) in [5.74, 6) is 1.66. The standard InChI is InChI=1S/C11H19N5O.2ClH/c1-16(2)11-5-10(13-7-14-11)15-9-6-17-4-3-8(9)12;;/h5,7-9H,3-4,6,12H2,1-2H3,(H,13,14,15);2*1H. The van der Waals surface area contributed by atoms with Crippen molar-refractivity contribution in [3.63, 3.8) is 0 Å². The molecule has 0 amide bonds. The molecule has 1 fully saturated rings. The SMILES string of the molecule is CN(C)c1cc(NC2COCCC2N)ncn1.Cl.Cl. The molecule has 0 bridgehead atoms. The first kappa shape index (κ1) is 18.2. The predicted molar refractivity (Wildman–Crippen MR) is 81.7 cm³/mol. The van der Waals surface area contributed by atoms with Gasteiger partial charge in [-0.3, -0.25) is 0 Å². The van der Waals surface area contributed by atoms with E-state index >= 15 is 0 Å². The van der Waals surface area contributed by atoms with Gasteiger partial charge in [-0.15, -0.1) is 24.8 Å². The van der Waals surface area contributed by atoms with Crippen molar-refractivity contribution >= 4 is 36.4 Å².